The first kappa shape index (κ1) is 19.5. The van der Waals surface area contributed by atoms with Crippen LogP contribution in [-0.2, 0) is 9.53 Å². The summed E-state index contributed by atoms with van der Waals surface area (Å²) in [5.74, 6) is -0.198. The van der Waals surface area contributed by atoms with Crippen LogP contribution >= 0.6 is 11.6 Å². The molecule has 8 heteroatoms. The average Bonchev–Trinajstić information content (AvgIpc) is 2.63. The van der Waals surface area contributed by atoms with Gasteiger partial charge in [0.25, 0.3) is 5.91 Å². The highest BCUT2D eigenvalue weighted by Gasteiger charge is 2.15. The van der Waals surface area contributed by atoms with Crippen molar-refractivity contribution in [3.8, 4) is 11.5 Å². The summed E-state index contributed by atoms with van der Waals surface area (Å²) in [5, 5.41) is 2.67. The lowest BCUT2D eigenvalue weighted by molar-refractivity contribution is -0.119. The average molecular weight is 379 g/mol. The number of nitrogens with zero attached hydrogens (tertiary/aromatic N) is 1. The number of carbonyl (C=O) groups excluding carboxylic acids is 2. The molecule has 0 aliphatic heterocycles. The standard InChI is InChI=1S/C18H19ClN2O5/c1-3-24-14-8-7-12(10-15(14)25-4-2)18(23)26-11-16(22)21-13-6-5-9-20-17(13)19/h5-10H,3-4,11H2,1-2H3,(H,21,22). The molecule has 2 rings (SSSR count). The first-order valence-electron chi connectivity index (χ1n) is 8.02. The molecule has 0 saturated heterocycles. The number of esters is 1. The summed E-state index contributed by atoms with van der Waals surface area (Å²) in [6.07, 6.45) is 1.50. The molecule has 1 N–H and O–H groups in total. The maximum Gasteiger partial charge on any atom is 0.338 e. The zero-order chi connectivity index (χ0) is 18.9. The van der Waals surface area contributed by atoms with E-state index in [2.05, 4.69) is 10.3 Å². The van der Waals surface area contributed by atoms with Gasteiger partial charge < -0.3 is 19.5 Å². The fourth-order valence-electron chi connectivity index (χ4n) is 2.06. The Morgan fingerprint density at radius 3 is 2.54 bits per heavy atom. The molecule has 0 atom stereocenters. The van der Waals surface area contributed by atoms with Gasteiger partial charge in [0.05, 0.1) is 24.5 Å². The van der Waals surface area contributed by atoms with Crippen molar-refractivity contribution in [2.75, 3.05) is 25.1 Å². The predicted molar refractivity (Wildman–Crippen MR) is 96.9 cm³/mol. The van der Waals surface area contributed by atoms with Gasteiger partial charge in [-0.2, -0.15) is 0 Å². The molecular formula is C18H19ClN2O5. The van der Waals surface area contributed by atoms with Crippen LogP contribution < -0.4 is 14.8 Å². The molecule has 1 amide bonds. The summed E-state index contributed by atoms with van der Waals surface area (Å²) < 4.78 is 15.9. The Balaban J connectivity index is 1.97. The number of benzene rings is 1. The van der Waals surface area contributed by atoms with Crippen LogP contribution in [-0.4, -0.2) is 36.7 Å². The van der Waals surface area contributed by atoms with Crippen molar-refractivity contribution in [1.82, 2.24) is 4.98 Å². The third kappa shape index (κ3) is 5.35. The van der Waals surface area contributed by atoms with Crippen molar-refractivity contribution in [2.45, 2.75) is 13.8 Å². The Kier molecular flexibility index (Phi) is 7.23. The van der Waals surface area contributed by atoms with E-state index in [1.54, 1.807) is 24.3 Å². The SMILES string of the molecule is CCOc1ccc(C(=O)OCC(=O)Nc2cccnc2Cl)cc1OCC. The van der Waals surface area contributed by atoms with Crippen LogP contribution in [0.25, 0.3) is 0 Å². The van der Waals surface area contributed by atoms with E-state index in [4.69, 9.17) is 25.8 Å². The molecule has 0 unspecified atom stereocenters. The van der Waals surface area contributed by atoms with E-state index in [-0.39, 0.29) is 10.7 Å². The van der Waals surface area contributed by atoms with Crippen LogP contribution in [0.2, 0.25) is 5.15 Å². The molecular weight excluding hydrogens is 360 g/mol. The minimum absolute atomic E-state index is 0.153. The van der Waals surface area contributed by atoms with E-state index >= 15 is 0 Å². The fraction of sp³-hybridized carbons (Fsp3) is 0.278. The summed E-state index contributed by atoms with van der Waals surface area (Å²) in [5.41, 5.74) is 0.596. The van der Waals surface area contributed by atoms with Crippen LogP contribution in [0.4, 0.5) is 5.69 Å². The van der Waals surface area contributed by atoms with Crippen LogP contribution in [0.5, 0.6) is 11.5 Å². The highest BCUT2D eigenvalue weighted by atomic mass is 35.5. The smallest absolute Gasteiger partial charge is 0.338 e. The molecule has 1 heterocycles. The lowest BCUT2D eigenvalue weighted by Gasteiger charge is -2.12. The molecule has 138 valence electrons. The quantitative estimate of drug-likeness (QED) is 0.560. The third-order valence-corrected chi connectivity index (χ3v) is 3.45. The number of ether oxygens (including phenoxy) is 3. The van der Waals surface area contributed by atoms with Crippen LogP contribution in [0.1, 0.15) is 24.2 Å². The van der Waals surface area contributed by atoms with Crippen molar-refractivity contribution in [3.05, 3.63) is 47.2 Å². The number of hydrogen-bond acceptors (Lipinski definition) is 6. The molecule has 1 aromatic carbocycles. The number of pyridine rings is 1. The zero-order valence-corrected chi connectivity index (χ0v) is 15.2. The third-order valence-electron chi connectivity index (χ3n) is 3.15. The first-order chi connectivity index (χ1) is 12.5. The Bertz CT molecular complexity index is 782. The highest BCUT2D eigenvalue weighted by molar-refractivity contribution is 6.32. The number of aromatic nitrogens is 1. The number of halogens is 1. The van der Waals surface area contributed by atoms with E-state index in [1.165, 1.54) is 12.3 Å². The molecule has 0 bridgehead atoms. The maximum absolute atomic E-state index is 12.2. The predicted octanol–water partition coefficient (Wildman–Crippen LogP) is 3.33. The lowest BCUT2D eigenvalue weighted by Crippen LogP contribution is -2.21. The number of anilines is 1. The van der Waals surface area contributed by atoms with Crippen LogP contribution in [0, 0.1) is 0 Å². The fourth-order valence-corrected chi connectivity index (χ4v) is 2.22. The van der Waals surface area contributed by atoms with Crippen molar-refractivity contribution >= 4 is 29.2 Å². The molecule has 0 fully saturated rings. The van der Waals surface area contributed by atoms with Gasteiger partial charge in [-0.15, -0.1) is 0 Å². The Hall–Kier alpha value is -2.80. The van der Waals surface area contributed by atoms with Gasteiger partial charge in [0.1, 0.15) is 0 Å². The summed E-state index contributed by atoms with van der Waals surface area (Å²) in [6.45, 7) is 4.12. The van der Waals surface area contributed by atoms with Crippen LogP contribution in [0.15, 0.2) is 36.5 Å². The molecule has 0 aliphatic rings. The summed E-state index contributed by atoms with van der Waals surface area (Å²) in [4.78, 5) is 27.9. The second-order valence-electron chi connectivity index (χ2n) is 4.99. The highest BCUT2D eigenvalue weighted by Crippen LogP contribution is 2.28. The van der Waals surface area contributed by atoms with Gasteiger partial charge in [-0.3, -0.25) is 4.79 Å². The molecule has 7 nitrogen and oxygen atoms in total. The minimum Gasteiger partial charge on any atom is -0.490 e. The van der Waals surface area contributed by atoms with Gasteiger partial charge in [0.15, 0.2) is 23.3 Å². The van der Waals surface area contributed by atoms with Gasteiger partial charge in [0, 0.05) is 6.20 Å². The number of rotatable bonds is 8. The van der Waals surface area contributed by atoms with Crippen molar-refractivity contribution in [2.24, 2.45) is 0 Å². The second kappa shape index (κ2) is 9.62. The zero-order valence-electron chi connectivity index (χ0n) is 14.5. The first-order valence-corrected chi connectivity index (χ1v) is 8.40. The Labute approximate surface area is 156 Å². The molecule has 26 heavy (non-hydrogen) atoms. The van der Waals surface area contributed by atoms with Gasteiger partial charge >= 0.3 is 5.97 Å². The van der Waals surface area contributed by atoms with E-state index in [1.807, 2.05) is 13.8 Å². The van der Waals surface area contributed by atoms with Gasteiger partial charge in [0.2, 0.25) is 0 Å². The molecule has 0 saturated carbocycles. The van der Waals surface area contributed by atoms with Gasteiger partial charge in [-0.25, -0.2) is 9.78 Å². The Morgan fingerprint density at radius 2 is 1.85 bits per heavy atom. The van der Waals surface area contributed by atoms with Crippen molar-refractivity contribution < 1.29 is 23.8 Å². The van der Waals surface area contributed by atoms with Crippen molar-refractivity contribution in [3.63, 3.8) is 0 Å². The minimum atomic E-state index is -0.651. The van der Waals surface area contributed by atoms with Gasteiger partial charge in [-0.1, -0.05) is 11.6 Å². The number of nitrogens with one attached hydrogen (secondary N) is 1. The molecule has 0 aliphatic carbocycles. The molecule has 0 radical (unpaired) electrons. The van der Waals surface area contributed by atoms with E-state index in [9.17, 15) is 9.59 Å². The largest absolute Gasteiger partial charge is 0.490 e. The second-order valence-corrected chi connectivity index (χ2v) is 5.35. The number of amides is 1. The summed E-state index contributed by atoms with van der Waals surface area (Å²) in [6, 6.07) is 7.91. The van der Waals surface area contributed by atoms with E-state index in [0.29, 0.717) is 30.4 Å². The molecule has 1 aromatic heterocycles. The molecule has 2 aromatic rings. The summed E-state index contributed by atoms with van der Waals surface area (Å²) in [7, 11) is 0. The summed E-state index contributed by atoms with van der Waals surface area (Å²) >= 11 is 5.86. The maximum atomic E-state index is 12.2. The normalized spacial score (nSPS) is 10.1. The lowest BCUT2D eigenvalue weighted by atomic mass is 10.2. The Morgan fingerprint density at radius 1 is 1.12 bits per heavy atom. The monoisotopic (exact) mass is 378 g/mol. The molecule has 0 spiro atoms. The van der Waals surface area contributed by atoms with E-state index < -0.39 is 18.5 Å². The van der Waals surface area contributed by atoms with Crippen molar-refractivity contribution in [1.29, 1.82) is 0 Å². The van der Waals surface area contributed by atoms with E-state index in [0.717, 1.165) is 0 Å². The van der Waals surface area contributed by atoms with Crippen LogP contribution in [0.3, 0.4) is 0 Å². The number of hydrogen-bond donors (Lipinski definition) is 1. The number of carbonyl (C=O) groups is 2. The van der Waals surface area contributed by atoms with Gasteiger partial charge in [-0.05, 0) is 44.2 Å². The topological polar surface area (TPSA) is 86.8 Å².